The van der Waals surface area contributed by atoms with Crippen LogP contribution >= 0.6 is 15.9 Å². The second-order valence-corrected chi connectivity index (χ2v) is 4.57. The third kappa shape index (κ3) is 3.22. The topological polar surface area (TPSA) is 47.3 Å². The lowest BCUT2D eigenvalue weighted by Gasteiger charge is -2.20. The molecule has 1 aromatic rings. The fourth-order valence-electron chi connectivity index (χ4n) is 1.43. The molecule has 0 radical (unpaired) electrons. The summed E-state index contributed by atoms with van der Waals surface area (Å²) in [5.74, 6) is 0. The minimum atomic E-state index is -0.463. The molecule has 0 aliphatic rings. The van der Waals surface area contributed by atoms with Gasteiger partial charge in [0.2, 0.25) is 0 Å². The first kappa shape index (κ1) is 13.0. The number of nitriles is 1. The van der Waals surface area contributed by atoms with Gasteiger partial charge in [0.05, 0.1) is 24.3 Å². The molecule has 3 nitrogen and oxygen atoms in total. The van der Waals surface area contributed by atoms with Crippen LogP contribution in [0.2, 0.25) is 0 Å². The van der Waals surface area contributed by atoms with E-state index in [0.29, 0.717) is 13.0 Å². The molecule has 16 heavy (non-hydrogen) atoms. The van der Waals surface area contributed by atoms with E-state index < -0.39 is 6.10 Å². The highest BCUT2D eigenvalue weighted by atomic mass is 79.9. The molecule has 0 aliphatic carbocycles. The first-order chi connectivity index (χ1) is 7.56. The molecule has 0 amide bonds. The van der Waals surface area contributed by atoms with Gasteiger partial charge in [-0.3, -0.25) is 0 Å². The maximum Gasteiger partial charge on any atom is 0.0762 e. The van der Waals surface area contributed by atoms with E-state index in [1.54, 1.807) is 6.92 Å². The molecule has 1 aromatic carbocycles. The number of aliphatic hydroxyl groups is 1. The van der Waals surface area contributed by atoms with Crippen LogP contribution in [0.4, 0.5) is 5.69 Å². The highest BCUT2D eigenvalue weighted by molar-refractivity contribution is 9.10. The van der Waals surface area contributed by atoms with Gasteiger partial charge in [0, 0.05) is 18.1 Å². The zero-order valence-corrected chi connectivity index (χ0v) is 11.0. The van der Waals surface area contributed by atoms with Gasteiger partial charge in [0.15, 0.2) is 0 Å². The Morgan fingerprint density at radius 2 is 2.25 bits per heavy atom. The van der Waals surface area contributed by atoms with E-state index in [2.05, 4.69) is 22.0 Å². The van der Waals surface area contributed by atoms with E-state index in [1.807, 2.05) is 30.1 Å². The van der Waals surface area contributed by atoms with Crippen molar-refractivity contribution in [2.24, 2.45) is 0 Å². The summed E-state index contributed by atoms with van der Waals surface area (Å²) in [6.45, 7) is 2.43. The van der Waals surface area contributed by atoms with Gasteiger partial charge >= 0.3 is 0 Å². The molecule has 0 bridgehead atoms. The highest BCUT2D eigenvalue weighted by Crippen LogP contribution is 2.28. The molecule has 86 valence electrons. The number of rotatable bonds is 4. The second kappa shape index (κ2) is 5.88. The molecule has 0 heterocycles. The van der Waals surface area contributed by atoms with Crippen LogP contribution in [0.25, 0.3) is 0 Å². The highest BCUT2D eigenvalue weighted by Gasteiger charge is 2.08. The van der Waals surface area contributed by atoms with Crippen LogP contribution < -0.4 is 4.90 Å². The van der Waals surface area contributed by atoms with Crippen molar-refractivity contribution in [3.8, 4) is 6.07 Å². The Balaban J connectivity index is 2.86. The minimum Gasteiger partial charge on any atom is -0.389 e. The van der Waals surface area contributed by atoms with Crippen molar-refractivity contribution >= 4 is 21.6 Å². The lowest BCUT2D eigenvalue weighted by molar-refractivity contribution is 0.199. The molecule has 0 aromatic heterocycles. The molecule has 1 atom stereocenters. The van der Waals surface area contributed by atoms with Gasteiger partial charge in [-0.2, -0.15) is 5.26 Å². The molecule has 0 saturated carbocycles. The Bertz CT molecular complexity index is 398. The average Bonchev–Trinajstić information content (AvgIpc) is 2.25. The van der Waals surface area contributed by atoms with Crippen molar-refractivity contribution in [2.75, 3.05) is 18.5 Å². The second-order valence-electron chi connectivity index (χ2n) is 3.72. The van der Waals surface area contributed by atoms with E-state index in [9.17, 15) is 5.11 Å². The third-order valence-corrected chi connectivity index (χ3v) is 3.06. The molecule has 0 fully saturated rings. The summed E-state index contributed by atoms with van der Waals surface area (Å²) < 4.78 is 0.936. The molecule has 0 spiro atoms. The Morgan fingerprint density at radius 1 is 1.56 bits per heavy atom. The van der Waals surface area contributed by atoms with Crippen molar-refractivity contribution in [1.29, 1.82) is 5.26 Å². The van der Waals surface area contributed by atoms with Crippen LogP contribution in [0.5, 0.6) is 0 Å². The van der Waals surface area contributed by atoms with Crippen LogP contribution in [0.1, 0.15) is 25.0 Å². The summed E-state index contributed by atoms with van der Waals surface area (Å²) in [7, 11) is 1.94. The molecule has 1 rings (SSSR count). The van der Waals surface area contributed by atoms with Gasteiger partial charge in [-0.15, -0.1) is 0 Å². The Morgan fingerprint density at radius 3 is 2.75 bits per heavy atom. The zero-order valence-electron chi connectivity index (χ0n) is 9.44. The van der Waals surface area contributed by atoms with Crippen molar-refractivity contribution in [1.82, 2.24) is 0 Å². The normalized spacial score (nSPS) is 11.9. The zero-order chi connectivity index (χ0) is 12.1. The number of hydrogen-bond acceptors (Lipinski definition) is 3. The third-order valence-electron chi connectivity index (χ3n) is 2.42. The van der Waals surface area contributed by atoms with Crippen LogP contribution in [0.15, 0.2) is 22.7 Å². The smallest absolute Gasteiger partial charge is 0.0762 e. The first-order valence-electron chi connectivity index (χ1n) is 5.12. The van der Waals surface area contributed by atoms with Crippen LogP contribution in [-0.2, 0) is 0 Å². The molecule has 0 unspecified atom stereocenters. The number of nitrogens with zero attached hydrogens (tertiary/aromatic N) is 2. The SMILES string of the molecule is C[C@@H](O)c1ccc(N(C)CCC#N)c(Br)c1. The fourth-order valence-corrected chi connectivity index (χ4v) is 2.13. The van der Waals surface area contributed by atoms with Crippen molar-refractivity contribution < 1.29 is 5.11 Å². The first-order valence-corrected chi connectivity index (χ1v) is 5.91. The standard InChI is InChI=1S/C12H15BrN2O/c1-9(16)10-4-5-12(11(13)8-10)15(2)7-3-6-14/h4-5,8-9,16H,3,7H2,1-2H3/t9-/m1/s1. The Kier molecular flexibility index (Phi) is 4.78. The number of benzene rings is 1. The number of aliphatic hydroxyl groups excluding tert-OH is 1. The van der Waals surface area contributed by atoms with Crippen molar-refractivity contribution in [3.63, 3.8) is 0 Å². The Labute approximate surface area is 104 Å². The molecule has 0 aliphatic heterocycles. The van der Waals surface area contributed by atoms with Crippen LogP contribution in [-0.4, -0.2) is 18.7 Å². The summed E-state index contributed by atoms with van der Waals surface area (Å²) in [4.78, 5) is 2.01. The van der Waals surface area contributed by atoms with E-state index in [-0.39, 0.29) is 0 Å². The molecule has 0 saturated heterocycles. The largest absolute Gasteiger partial charge is 0.389 e. The lowest BCUT2D eigenvalue weighted by Crippen LogP contribution is -2.18. The average molecular weight is 283 g/mol. The van der Waals surface area contributed by atoms with Crippen molar-refractivity contribution in [2.45, 2.75) is 19.4 Å². The Hall–Kier alpha value is -1.05. The van der Waals surface area contributed by atoms with Gasteiger partial charge in [0.1, 0.15) is 0 Å². The van der Waals surface area contributed by atoms with Gasteiger partial charge in [0.25, 0.3) is 0 Å². The summed E-state index contributed by atoms with van der Waals surface area (Å²) in [6, 6.07) is 7.87. The van der Waals surface area contributed by atoms with Gasteiger partial charge in [-0.25, -0.2) is 0 Å². The van der Waals surface area contributed by atoms with Crippen LogP contribution in [0, 0.1) is 11.3 Å². The molecular formula is C12H15BrN2O. The summed E-state index contributed by atoms with van der Waals surface area (Å²) in [5, 5.41) is 18.0. The fraction of sp³-hybridized carbons (Fsp3) is 0.417. The molecule has 1 N–H and O–H groups in total. The van der Waals surface area contributed by atoms with Crippen LogP contribution in [0.3, 0.4) is 0 Å². The number of hydrogen-bond donors (Lipinski definition) is 1. The maximum absolute atomic E-state index is 9.44. The number of halogens is 1. The van der Waals surface area contributed by atoms with Gasteiger partial charge in [-0.1, -0.05) is 6.07 Å². The molecule has 4 heteroatoms. The summed E-state index contributed by atoms with van der Waals surface area (Å²) in [6.07, 6.45) is 0.0379. The summed E-state index contributed by atoms with van der Waals surface area (Å²) >= 11 is 3.47. The monoisotopic (exact) mass is 282 g/mol. The van der Waals surface area contributed by atoms with E-state index >= 15 is 0 Å². The predicted octanol–water partition coefficient (Wildman–Crippen LogP) is 2.85. The van der Waals surface area contributed by atoms with Gasteiger partial charge in [-0.05, 0) is 40.5 Å². The summed E-state index contributed by atoms with van der Waals surface area (Å²) in [5.41, 5.74) is 1.91. The maximum atomic E-state index is 9.44. The van der Waals surface area contributed by atoms with E-state index in [4.69, 9.17) is 5.26 Å². The minimum absolute atomic E-state index is 0.463. The predicted molar refractivity (Wildman–Crippen MR) is 68.3 cm³/mol. The van der Waals surface area contributed by atoms with Crippen molar-refractivity contribution in [3.05, 3.63) is 28.2 Å². The lowest BCUT2D eigenvalue weighted by atomic mass is 10.1. The van der Waals surface area contributed by atoms with E-state index in [1.165, 1.54) is 0 Å². The quantitative estimate of drug-likeness (QED) is 0.924. The van der Waals surface area contributed by atoms with Gasteiger partial charge < -0.3 is 10.0 Å². The van der Waals surface area contributed by atoms with E-state index in [0.717, 1.165) is 15.7 Å². The molecular weight excluding hydrogens is 268 g/mol. The number of anilines is 1.